The predicted molar refractivity (Wildman–Crippen MR) is 71.8 cm³/mol. The summed E-state index contributed by atoms with van der Waals surface area (Å²) in [6.07, 6.45) is -4.51. The van der Waals surface area contributed by atoms with Gasteiger partial charge in [-0.2, -0.15) is 13.2 Å². The van der Waals surface area contributed by atoms with Crippen molar-refractivity contribution < 1.29 is 22.7 Å². The van der Waals surface area contributed by atoms with Gasteiger partial charge in [0.15, 0.2) is 11.6 Å². The van der Waals surface area contributed by atoms with E-state index in [1.807, 2.05) is 0 Å². The van der Waals surface area contributed by atoms with Crippen LogP contribution >= 0.6 is 11.6 Å². The molecule has 0 aliphatic heterocycles. The quantitative estimate of drug-likeness (QED) is 0.795. The van der Waals surface area contributed by atoms with Crippen molar-refractivity contribution in [3.8, 4) is 5.75 Å². The number of anilines is 1. The lowest BCUT2D eigenvalue weighted by atomic mass is 10.1. The van der Waals surface area contributed by atoms with Gasteiger partial charge in [-0.25, -0.2) is 4.39 Å². The van der Waals surface area contributed by atoms with E-state index in [4.69, 9.17) is 11.6 Å². The number of aromatic hydroxyl groups is 1. The Morgan fingerprint density at radius 2 is 1.86 bits per heavy atom. The molecule has 0 aliphatic rings. The Balaban J connectivity index is 2.21. The van der Waals surface area contributed by atoms with Crippen molar-refractivity contribution in [2.24, 2.45) is 0 Å². The van der Waals surface area contributed by atoms with Gasteiger partial charge in [-0.15, -0.1) is 0 Å². The van der Waals surface area contributed by atoms with Crippen molar-refractivity contribution in [3.05, 3.63) is 58.4 Å². The van der Waals surface area contributed by atoms with E-state index in [-0.39, 0.29) is 22.8 Å². The van der Waals surface area contributed by atoms with Gasteiger partial charge < -0.3 is 10.4 Å². The van der Waals surface area contributed by atoms with Crippen LogP contribution in [0, 0.1) is 5.82 Å². The summed E-state index contributed by atoms with van der Waals surface area (Å²) in [5, 5.41) is 12.1. The van der Waals surface area contributed by atoms with Crippen molar-refractivity contribution in [1.29, 1.82) is 0 Å². The Bertz CT molecular complexity index is 658. The third-order valence-electron chi connectivity index (χ3n) is 2.78. The number of alkyl halides is 3. The molecule has 0 atom stereocenters. The first-order valence-electron chi connectivity index (χ1n) is 5.85. The van der Waals surface area contributed by atoms with E-state index in [0.717, 1.165) is 18.2 Å². The van der Waals surface area contributed by atoms with Gasteiger partial charge in [-0.3, -0.25) is 0 Å². The molecule has 2 aromatic rings. The molecular formula is C14H10ClF4NO. The van der Waals surface area contributed by atoms with Gasteiger partial charge in [0.25, 0.3) is 0 Å². The second kappa shape index (κ2) is 5.81. The minimum atomic E-state index is -4.51. The number of phenols is 1. The smallest absolute Gasteiger partial charge is 0.416 e. The summed E-state index contributed by atoms with van der Waals surface area (Å²) < 4.78 is 51.1. The summed E-state index contributed by atoms with van der Waals surface area (Å²) in [5.41, 5.74) is -0.539. The average molecular weight is 320 g/mol. The van der Waals surface area contributed by atoms with E-state index in [0.29, 0.717) is 0 Å². The highest BCUT2D eigenvalue weighted by Crippen LogP contribution is 2.33. The standard InChI is InChI=1S/C14H10ClF4NO/c15-10-4-9(14(17,18)19)5-11(6-10)20-7-8-2-1-3-12(16)13(8)21/h1-6,20-21H,7H2. The van der Waals surface area contributed by atoms with Crippen LogP contribution in [0.1, 0.15) is 11.1 Å². The second-order valence-electron chi connectivity index (χ2n) is 4.33. The van der Waals surface area contributed by atoms with Crippen LogP contribution in [0.25, 0.3) is 0 Å². The summed E-state index contributed by atoms with van der Waals surface area (Å²) in [6.45, 7) is -0.0404. The number of hydrogen-bond acceptors (Lipinski definition) is 2. The summed E-state index contributed by atoms with van der Waals surface area (Å²) >= 11 is 5.64. The molecule has 21 heavy (non-hydrogen) atoms. The number of benzene rings is 2. The Morgan fingerprint density at radius 3 is 2.52 bits per heavy atom. The third kappa shape index (κ3) is 3.78. The molecule has 2 N–H and O–H groups in total. The number of phenolic OH excluding ortho intramolecular Hbond substituents is 1. The molecule has 2 rings (SSSR count). The second-order valence-corrected chi connectivity index (χ2v) is 4.76. The Labute approximate surface area is 123 Å². The normalized spacial score (nSPS) is 11.5. The first-order valence-corrected chi connectivity index (χ1v) is 6.23. The van der Waals surface area contributed by atoms with Crippen LogP contribution in [0.5, 0.6) is 5.75 Å². The lowest BCUT2D eigenvalue weighted by Crippen LogP contribution is -2.07. The van der Waals surface area contributed by atoms with Crippen molar-refractivity contribution in [1.82, 2.24) is 0 Å². The van der Waals surface area contributed by atoms with E-state index in [1.165, 1.54) is 18.2 Å². The Hall–Kier alpha value is -1.95. The molecule has 0 spiro atoms. The monoisotopic (exact) mass is 319 g/mol. The summed E-state index contributed by atoms with van der Waals surface area (Å²) in [5.74, 6) is -1.33. The van der Waals surface area contributed by atoms with E-state index in [1.54, 1.807) is 0 Å². The zero-order valence-electron chi connectivity index (χ0n) is 10.5. The predicted octanol–water partition coefficient (Wildman–Crippen LogP) is 4.82. The maximum atomic E-state index is 13.1. The first-order chi connectivity index (χ1) is 9.77. The zero-order valence-corrected chi connectivity index (χ0v) is 11.3. The molecule has 0 unspecified atom stereocenters. The minimum Gasteiger partial charge on any atom is -0.505 e. The van der Waals surface area contributed by atoms with E-state index in [2.05, 4.69) is 5.32 Å². The molecule has 0 bridgehead atoms. The van der Waals surface area contributed by atoms with Crippen molar-refractivity contribution in [2.45, 2.75) is 12.7 Å². The molecule has 0 saturated heterocycles. The molecule has 0 fully saturated rings. The maximum Gasteiger partial charge on any atom is 0.416 e. The number of para-hydroxylation sites is 1. The minimum absolute atomic E-state index is 0.0404. The van der Waals surface area contributed by atoms with E-state index in [9.17, 15) is 22.7 Å². The fourth-order valence-electron chi connectivity index (χ4n) is 1.76. The molecule has 7 heteroatoms. The van der Waals surface area contributed by atoms with Crippen molar-refractivity contribution in [3.63, 3.8) is 0 Å². The number of hydrogen-bond donors (Lipinski definition) is 2. The van der Waals surface area contributed by atoms with Crippen LogP contribution in [0.3, 0.4) is 0 Å². The SMILES string of the molecule is Oc1c(F)cccc1CNc1cc(Cl)cc(C(F)(F)F)c1. The van der Waals surface area contributed by atoms with Crippen LogP contribution < -0.4 is 5.32 Å². The molecule has 0 radical (unpaired) electrons. The van der Waals surface area contributed by atoms with Crippen molar-refractivity contribution in [2.75, 3.05) is 5.32 Å². The zero-order chi connectivity index (χ0) is 15.6. The van der Waals surface area contributed by atoms with Crippen molar-refractivity contribution >= 4 is 17.3 Å². The summed E-state index contributed by atoms with van der Waals surface area (Å²) in [7, 11) is 0. The fourth-order valence-corrected chi connectivity index (χ4v) is 1.99. The van der Waals surface area contributed by atoms with Crippen LogP contribution in [-0.4, -0.2) is 5.11 Å². The van der Waals surface area contributed by atoms with Gasteiger partial charge in [-0.05, 0) is 24.3 Å². The van der Waals surface area contributed by atoms with Crippen LogP contribution in [0.4, 0.5) is 23.2 Å². The highest BCUT2D eigenvalue weighted by molar-refractivity contribution is 6.30. The highest BCUT2D eigenvalue weighted by Gasteiger charge is 2.31. The third-order valence-corrected chi connectivity index (χ3v) is 3.00. The van der Waals surface area contributed by atoms with Gasteiger partial charge in [0.05, 0.1) is 5.56 Å². The molecule has 2 nitrogen and oxygen atoms in total. The van der Waals surface area contributed by atoms with Gasteiger partial charge in [0.2, 0.25) is 0 Å². The fraction of sp³-hybridized carbons (Fsp3) is 0.143. The molecule has 0 saturated carbocycles. The largest absolute Gasteiger partial charge is 0.505 e. The molecule has 0 aliphatic carbocycles. The molecule has 112 valence electrons. The highest BCUT2D eigenvalue weighted by atomic mass is 35.5. The molecule has 2 aromatic carbocycles. The maximum absolute atomic E-state index is 13.1. The van der Waals surface area contributed by atoms with Crippen LogP contribution in [-0.2, 0) is 12.7 Å². The van der Waals surface area contributed by atoms with Crippen LogP contribution in [0.15, 0.2) is 36.4 Å². The molecule has 0 amide bonds. The lowest BCUT2D eigenvalue weighted by molar-refractivity contribution is -0.137. The average Bonchev–Trinajstić information content (AvgIpc) is 2.39. The number of rotatable bonds is 3. The van der Waals surface area contributed by atoms with Gasteiger partial charge >= 0.3 is 6.18 Å². The van der Waals surface area contributed by atoms with Gasteiger partial charge in [0.1, 0.15) is 0 Å². The van der Waals surface area contributed by atoms with Gasteiger partial charge in [-0.1, -0.05) is 23.7 Å². The lowest BCUT2D eigenvalue weighted by Gasteiger charge is -2.12. The topological polar surface area (TPSA) is 32.3 Å². The molecule has 0 heterocycles. The Morgan fingerprint density at radius 1 is 1.14 bits per heavy atom. The van der Waals surface area contributed by atoms with E-state index < -0.39 is 23.3 Å². The summed E-state index contributed by atoms with van der Waals surface area (Å²) in [4.78, 5) is 0. The number of halogens is 5. The van der Waals surface area contributed by atoms with Gasteiger partial charge in [0, 0.05) is 22.8 Å². The molecular weight excluding hydrogens is 310 g/mol. The molecule has 0 aromatic heterocycles. The van der Waals surface area contributed by atoms with E-state index >= 15 is 0 Å². The first kappa shape index (κ1) is 15.4. The summed E-state index contributed by atoms with van der Waals surface area (Å²) in [6, 6.07) is 6.95. The van der Waals surface area contributed by atoms with Crippen LogP contribution in [0.2, 0.25) is 5.02 Å². The number of nitrogens with one attached hydrogen (secondary N) is 1. The Kier molecular flexibility index (Phi) is 4.27.